The predicted molar refractivity (Wildman–Crippen MR) is 80.5 cm³/mol. The molecule has 1 heterocycles. The number of nitrogens with two attached hydrogens (primary N) is 1. The topological polar surface area (TPSA) is 61.0 Å². The summed E-state index contributed by atoms with van der Waals surface area (Å²) < 4.78 is 5.28. The first-order valence-electron chi connectivity index (χ1n) is 7.86. The highest BCUT2D eigenvalue weighted by atomic mass is 16.5. The molecule has 4 heteroatoms. The number of rotatable bonds is 6. The van der Waals surface area contributed by atoms with Crippen molar-refractivity contribution in [2.75, 3.05) is 7.11 Å². The summed E-state index contributed by atoms with van der Waals surface area (Å²) in [7, 11) is 1.63. The molecule has 1 aromatic rings. The maximum Gasteiger partial charge on any atom is 0.236 e. The van der Waals surface area contributed by atoms with Gasteiger partial charge < -0.3 is 10.5 Å². The quantitative estimate of drug-likeness (QED) is 0.864. The number of ether oxygens (including phenoxy) is 1. The average Bonchev–Trinajstić information content (AvgIpc) is 2.52. The van der Waals surface area contributed by atoms with E-state index >= 15 is 0 Å². The molecule has 0 aromatic carbocycles. The van der Waals surface area contributed by atoms with Crippen LogP contribution in [-0.2, 0) is 0 Å². The van der Waals surface area contributed by atoms with Crippen LogP contribution in [0.5, 0.6) is 5.88 Å². The summed E-state index contributed by atoms with van der Waals surface area (Å²) in [5.41, 5.74) is 7.22. The summed E-state index contributed by atoms with van der Waals surface area (Å²) in [6.07, 6.45) is 12.4. The summed E-state index contributed by atoms with van der Waals surface area (Å²) in [5.74, 6) is 1.99. The van der Waals surface area contributed by atoms with Gasteiger partial charge in [0.15, 0.2) is 0 Å². The Hall–Kier alpha value is -1.16. The van der Waals surface area contributed by atoms with Crippen molar-refractivity contribution >= 4 is 0 Å². The molecule has 0 radical (unpaired) electrons. The molecule has 20 heavy (non-hydrogen) atoms. The third-order valence-electron chi connectivity index (χ3n) is 4.57. The van der Waals surface area contributed by atoms with Crippen LogP contribution in [0, 0.1) is 11.8 Å². The van der Waals surface area contributed by atoms with Crippen molar-refractivity contribution in [3.05, 3.63) is 18.1 Å². The molecule has 0 aliphatic heterocycles. The molecular formula is C16H27N3O. The number of hydrogen-bond donors (Lipinski definition) is 1. The first-order chi connectivity index (χ1) is 9.76. The molecule has 4 nitrogen and oxygen atoms in total. The normalized spacial score (nSPS) is 24.4. The van der Waals surface area contributed by atoms with Gasteiger partial charge in [0.25, 0.3) is 0 Å². The lowest BCUT2D eigenvalue weighted by molar-refractivity contribution is 0.227. The van der Waals surface area contributed by atoms with E-state index in [1.165, 1.54) is 44.9 Å². The zero-order valence-electron chi connectivity index (χ0n) is 12.7. The number of unbranched alkanes of at least 4 members (excludes halogenated alkanes) is 1. The molecule has 0 saturated heterocycles. The average molecular weight is 277 g/mol. The van der Waals surface area contributed by atoms with Gasteiger partial charge in [-0.15, -0.1) is 0 Å². The van der Waals surface area contributed by atoms with Crippen LogP contribution < -0.4 is 10.5 Å². The number of aromatic nitrogens is 2. The van der Waals surface area contributed by atoms with Gasteiger partial charge in [-0.3, -0.25) is 4.98 Å². The van der Waals surface area contributed by atoms with Crippen LogP contribution in [0.15, 0.2) is 12.4 Å². The second-order valence-electron chi connectivity index (χ2n) is 5.90. The van der Waals surface area contributed by atoms with Gasteiger partial charge in [0.1, 0.15) is 5.69 Å². The lowest BCUT2D eigenvalue weighted by atomic mass is 9.76. The monoisotopic (exact) mass is 277 g/mol. The van der Waals surface area contributed by atoms with E-state index in [9.17, 15) is 0 Å². The maximum absolute atomic E-state index is 6.41. The minimum atomic E-state index is -0.0502. The van der Waals surface area contributed by atoms with Crippen LogP contribution in [0.1, 0.15) is 63.6 Å². The van der Waals surface area contributed by atoms with E-state index in [-0.39, 0.29) is 6.04 Å². The second kappa shape index (κ2) is 7.58. The lowest BCUT2D eigenvalue weighted by Crippen LogP contribution is -2.27. The van der Waals surface area contributed by atoms with Crippen LogP contribution in [0.2, 0.25) is 0 Å². The van der Waals surface area contributed by atoms with Gasteiger partial charge in [-0.1, -0.05) is 39.0 Å². The van der Waals surface area contributed by atoms with E-state index in [2.05, 4.69) is 16.9 Å². The highest BCUT2D eigenvalue weighted by molar-refractivity contribution is 5.21. The van der Waals surface area contributed by atoms with E-state index in [1.807, 2.05) is 0 Å². The zero-order valence-corrected chi connectivity index (χ0v) is 12.7. The van der Waals surface area contributed by atoms with Gasteiger partial charge in [0, 0.05) is 12.4 Å². The Morgan fingerprint density at radius 1 is 1.25 bits per heavy atom. The molecule has 0 amide bonds. The Labute approximate surface area is 122 Å². The highest BCUT2D eigenvalue weighted by Gasteiger charge is 2.28. The third kappa shape index (κ3) is 3.69. The van der Waals surface area contributed by atoms with E-state index < -0.39 is 0 Å². The van der Waals surface area contributed by atoms with Gasteiger partial charge in [0.2, 0.25) is 5.88 Å². The van der Waals surface area contributed by atoms with Crippen LogP contribution in [-0.4, -0.2) is 17.1 Å². The van der Waals surface area contributed by atoms with Crippen molar-refractivity contribution in [1.29, 1.82) is 0 Å². The Morgan fingerprint density at radius 2 is 1.95 bits per heavy atom. The zero-order chi connectivity index (χ0) is 14.4. The molecule has 1 fully saturated rings. The molecule has 1 atom stereocenters. The molecule has 0 bridgehead atoms. The predicted octanol–water partition coefficient (Wildman–Crippen LogP) is 3.48. The largest absolute Gasteiger partial charge is 0.480 e. The fraction of sp³-hybridized carbons (Fsp3) is 0.750. The van der Waals surface area contributed by atoms with Gasteiger partial charge in [0.05, 0.1) is 13.2 Å². The molecule has 0 spiro atoms. The van der Waals surface area contributed by atoms with Crippen LogP contribution >= 0.6 is 0 Å². The fourth-order valence-corrected chi connectivity index (χ4v) is 3.27. The van der Waals surface area contributed by atoms with E-state index in [4.69, 9.17) is 10.5 Å². The smallest absolute Gasteiger partial charge is 0.236 e. The van der Waals surface area contributed by atoms with Crippen molar-refractivity contribution in [2.45, 2.75) is 57.9 Å². The van der Waals surface area contributed by atoms with E-state index in [1.54, 1.807) is 19.5 Å². The molecular weight excluding hydrogens is 250 g/mol. The summed E-state index contributed by atoms with van der Waals surface area (Å²) in [5, 5.41) is 0. The minimum absolute atomic E-state index is 0.0502. The van der Waals surface area contributed by atoms with Gasteiger partial charge >= 0.3 is 0 Å². The summed E-state index contributed by atoms with van der Waals surface area (Å²) in [6.45, 7) is 2.27. The van der Waals surface area contributed by atoms with E-state index in [0.717, 1.165) is 11.6 Å². The summed E-state index contributed by atoms with van der Waals surface area (Å²) >= 11 is 0. The van der Waals surface area contributed by atoms with E-state index in [0.29, 0.717) is 11.8 Å². The maximum atomic E-state index is 6.41. The van der Waals surface area contributed by atoms with Crippen LogP contribution in [0.4, 0.5) is 0 Å². The number of nitrogens with zero attached hydrogens (tertiary/aromatic N) is 2. The molecule has 1 aromatic heterocycles. The first kappa shape index (κ1) is 15.2. The molecule has 1 unspecified atom stereocenters. The van der Waals surface area contributed by atoms with Gasteiger partial charge in [-0.2, -0.15) is 0 Å². The third-order valence-corrected chi connectivity index (χ3v) is 4.57. The summed E-state index contributed by atoms with van der Waals surface area (Å²) in [4.78, 5) is 8.58. The molecule has 2 rings (SSSR count). The fourth-order valence-electron chi connectivity index (χ4n) is 3.27. The van der Waals surface area contributed by atoms with Crippen molar-refractivity contribution in [1.82, 2.24) is 9.97 Å². The first-order valence-corrected chi connectivity index (χ1v) is 7.86. The lowest BCUT2D eigenvalue weighted by Gasteiger charge is -2.32. The standard InChI is InChI=1S/C16H27N3O/c1-3-4-5-12-6-8-13(9-7-12)14(17)15-16(20-2)19-11-10-18-15/h10-14H,3-9,17H2,1-2H3. The Balaban J connectivity index is 1.93. The van der Waals surface area contributed by atoms with Crippen LogP contribution in [0.3, 0.4) is 0 Å². The Morgan fingerprint density at radius 3 is 2.60 bits per heavy atom. The van der Waals surface area contributed by atoms with Gasteiger partial charge in [-0.05, 0) is 24.7 Å². The molecule has 1 aliphatic carbocycles. The number of hydrogen-bond acceptors (Lipinski definition) is 4. The number of methoxy groups -OCH3 is 1. The Kier molecular flexibility index (Phi) is 5.77. The second-order valence-corrected chi connectivity index (χ2v) is 5.90. The van der Waals surface area contributed by atoms with Crippen molar-refractivity contribution in [3.63, 3.8) is 0 Å². The molecule has 112 valence electrons. The molecule has 2 N–H and O–H groups in total. The highest BCUT2D eigenvalue weighted by Crippen LogP contribution is 2.38. The van der Waals surface area contributed by atoms with Crippen molar-refractivity contribution in [2.24, 2.45) is 17.6 Å². The van der Waals surface area contributed by atoms with Gasteiger partial charge in [-0.25, -0.2) is 4.98 Å². The SMILES string of the molecule is CCCCC1CCC(C(N)c2nccnc2OC)CC1. The summed E-state index contributed by atoms with van der Waals surface area (Å²) in [6, 6.07) is -0.0502. The van der Waals surface area contributed by atoms with Crippen molar-refractivity contribution < 1.29 is 4.74 Å². The van der Waals surface area contributed by atoms with Crippen LogP contribution in [0.25, 0.3) is 0 Å². The Bertz CT molecular complexity index is 402. The van der Waals surface area contributed by atoms with Crippen molar-refractivity contribution in [3.8, 4) is 5.88 Å². The molecule has 1 aliphatic rings. The molecule has 1 saturated carbocycles. The minimum Gasteiger partial charge on any atom is -0.480 e.